The summed E-state index contributed by atoms with van der Waals surface area (Å²) < 4.78 is 69.4. The van der Waals surface area contributed by atoms with Crippen LogP contribution in [0.1, 0.15) is 17.8 Å². The van der Waals surface area contributed by atoms with Gasteiger partial charge in [-0.2, -0.15) is 0 Å². The molecule has 1 N–H and O–H groups in total. The molecule has 20 heavy (non-hydrogen) atoms. The van der Waals surface area contributed by atoms with E-state index in [0.717, 1.165) is 17.6 Å². The Hall–Kier alpha value is -0.200. The Morgan fingerprint density at radius 2 is 1.75 bits per heavy atom. The van der Waals surface area contributed by atoms with Crippen molar-refractivity contribution in [2.24, 2.45) is 0 Å². The van der Waals surface area contributed by atoms with Crippen molar-refractivity contribution in [3.05, 3.63) is 17.0 Å². The monoisotopic (exact) mass is 381 g/mol. The van der Waals surface area contributed by atoms with E-state index in [-0.39, 0.29) is 4.21 Å². The van der Waals surface area contributed by atoms with Gasteiger partial charge in [-0.1, -0.05) is 0 Å². The smallest absolute Gasteiger partial charge is 0.228 e. The van der Waals surface area contributed by atoms with Gasteiger partial charge in [0.25, 0.3) is 9.05 Å². The van der Waals surface area contributed by atoms with Crippen LogP contribution >= 0.6 is 22.0 Å². The average molecular weight is 382 g/mol. The first-order valence-electron chi connectivity index (χ1n) is 5.02. The molecule has 0 aliphatic rings. The highest BCUT2D eigenvalue weighted by molar-refractivity contribution is 8.15. The molecule has 7 nitrogen and oxygen atoms in total. The summed E-state index contributed by atoms with van der Waals surface area (Å²) in [5.74, 6) is 0. The van der Waals surface area contributed by atoms with Crippen molar-refractivity contribution in [3.63, 3.8) is 0 Å². The van der Waals surface area contributed by atoms with Crippen molar-refractivity contribution < 1.29 is 25.3 Å². The van der Waals surface area contributed by atoms with Crippen LogP contribution in [0.4, 0.5) is 0 Å². The van der Waals surface area contributed by atoms with Crippen LogP contribution in [-0.4, -0.2) is 36.6 Å². The van der Waals surface area contributed by atoms with Gasteiger partial charge in [0.2, 0.25) is 10.0 Å². The van der Waals surface area contributed by atoms with Gasteiger partial charge < -0.3 is 0 Å². The minimum atomic E-state index is -4.03. The minimum Gasteiger partial charge on any atom is -0.228 e. The standard InChI is InChI=1S/C8H12ClNO6S4/c1-6(10-19(13,14)5-18(2,11)12)7-3-4-8(17-7)20(9,15)16/h3-4,6,10H,5H2,1-2H3. The van der Waals surface area contributed by atoms with Crippen LogP contribution in [0.15, 0.2) is 16.3 Å². The van der Waals surface area contributed by atoms with E-state index >= 15 is 0 Å². The Bertz CT molecular complexity index is 792. The van der Waals surface area contributed by atoms with E-state index in [1.54, 1.807) is 0 Å². The Morgan fingerprint density at radius 1 is 1.20 bits per heavy atom. The molecule has 0 aliphatic heterocycles. The minimum absolute atomic E-state index is 0.108. The summed E-state index contributed by atoms with van der Waals surface area (Å²) in [6, 6.07) is 1.90. The highest BCUT2D eigenvalue weighted by Gasteiger charge is 2.23. The third-order valence-electron chi connectivity index (χ3n) is 1.99. The summed E-state index contributed by atoms with van der Waals surface area (Å²) in [4.78, 5) is 0.404. The van der Waals surface area contributed by atoms with Crippen LogP contribution < -0.4 is 4.72 Å². The first-order chi connectivity index (χ1) is 8.80. The molecular weight excluding hydrogens is 370 g/mol. The summed E-state index contributed by atoms with van der Waals surface area (Å²) in [7, 11) is -6.43. The lowest BCUT2D eigenvalue weighted by Gasteiger charge is -2.11. The normalized spacial score (nSPS) is 15.2. The molecule has 0 radical (unpaired) electrons. The fraction of sp³-hybridized carbons (Fsp3) is 0.500. The van der Waals surface area contributed by atoms with E-state index < -0.39 is 40.0 Å². The average Bonchev–Trinajstić information content (AvgIpc) is 2.59. The molecule has 0 saturated heterocycles. The van der Waals surface area contributed by atoms with E-state index in [1.807, 2.05) is 0 Å². The van der Waals surface area contributed by atoms with Crippen molar-refractivity contribution >= 4 is 50.9 Å². The maximum Gasteiger partial charge on any atom is 0.270 e. The first-order valence-corrected chi connectivity index (χ1v) is 11.9. The number of nitrogens with one attached hydrogen (secondary N) is 1. The molecule has 116 valence electrons. The van der Waals surface area contributed by atoms with Crippen molar-refractivity contribution in [2.75, 3.05) is 11.3 Å². The lowest BCUT2D eigenvalue weighted by atomic mass is 10.3. The maximum atomic E-state index is 11.6. The van der Waals surface area contributed by atoms with Crippen LogP contribution in [-0.2, 0) is 28.9 Å². The Balaban J connectivity index is 2.92. The third-order valence-corrected chi connectivity index (χ3v) is 9.02. The molecule has 1 aromatic rings. The summed E-state index contributed by atoms with van der Waals surface area (Å²) >= 11 is 0.810. The molecule has 1 rings (SSSR count). The lowest BCUT2D eigenvalue weighted by molar-refractivity contribution is 0.569. The fourth-order valence-electron chi connectivity index (χ4n) is 1.34. The van der Waals surface area contributed by atoms with Crippen molar-refractivity contribution in [3.8, 4) is 0 Å². The number of thiophene rings is 1. The SMILES string of the molecule is CC(NS(=O)(=O)CS(C)(=O)=O)c1ccc(S(=O)(=O)Cl)s1. The number of sulfone groups is 1. The molecule has 1 unspecified atom stereocenters. The molecule has 0 aromatic carbocycles. The second-order valence-electron chi connectivity index (χ2n) is 4.09. The number of hydrogen-bond acceptors (Lipinski definition) is 7. The lowest BCUT2D eigenvalue weighted by Crippen LogP contribution is -2.31. The third kappa shape index (κ3) is 5.66. The van der Waals surface area contributed by atoms with E-state index in [2.05, 4.69) is 4.72 Å². The van der Waals surface area contributed by atoms with Gasteiger partial charge in [-0.15, -0.1) is 11.3 Å². The van der Waals surface area contributed by atoms with E-state index in [4.69, 9.17) is 10.7 Å². The number of rotatable bonds is 6. The molecule has 0 fully saturated rings. The van der Waals surface area contributed by atoms with Crippen LogP contribution in [0.3, 0.4) is 0 Å². The van der Waals surface area contributed by atoms with E-state index in [9.17, 15) is 25.3 Å². The molecule has 12 heteroatoms. The molecule has 0 spiro atoms. The second-order valence-corrected chi connectivity index (χ2v) is 12.3. The molecule has 0 saturated carbocycles. The van der Waals surface area contributed by atoms with E-state index in [1.165, 1.54) is 19.1 Å². The zero-order valence-corrected chi connectivity index (χ0v) is 14.4. The number of sulfonamides is 1. The van der Waals surface area contributed by atoms with Crippen LogP contribution in [0.5, 0.6) is 0 Å². The van der Waals surface area contributed by atoms with Gasteiger partial charge in [0.05, 0.1) is 6.04 Å². The van der Waals surface area contributed by atoms with Crippen molar-refractivity contribution in [1.29, 1.82) is 0 Å². The molecule has 1 heterocycles. The van der Waals surface area contributed by atoms with Crippen molar-refractivity contribution in [2.45, 2.75) is 17.2 Å². The van der Waals surface area contributed by atoms with Gasteiger partial charge in [0, 0.05) is 21.8 Å². The molecule has 1 aromatic heterocycles. The predicted molar refractivity (Wildman–Crippen MR) is 77.5 cm³/mol. The predicted octanol–water partition coefficient (Wildman–Crippen LogP) is 0.658. The number of hydrogen-bond donors (Lipinski definition) is 1. The highest BCUT2D eigenvalue weighted by atomic mass is 35.7. The fourth-order valence-corrected chi connectivity index (χ4v) is 6.70. The zero-order valence-electron chi connectivity index (χ0n) is 10.4. The molecule has 0 amide bonds. The summed E-state index contributed by atoms with van der Waals surface area (Å²) in [5, 5.41) is -1.03. The van der Waals surface area contributed by atoms with Gasteiger partial charge >= 0.3 is 0 Å². The largest absolute Gasteiger partial charge is 0.270 e. The maximum absolute atomic E-state index is 11.6. The first kappa shape index (κ1) is 17.9. The van der Waals surface area contributed by atoms with Gasteiger partial charge in [-0.3, -0.25) is 0 Å². The Morgan fingerprint density at radius 3 is 2.15 bits per heavy atom. The van der Waals surface area contributed by atoms with Gasteiger partial charge in [-0.05, 0) is 19.1 Å². The van der Waals surface area contributed by atoms with Gasteiger partial charge in [0.15, 0.2) is 14.9 Å². The molecular formula is C8H12ClNO6S4. The van der Waals surface area contributed by atoms with Gasteiger partial charge in [0.1, 0.15) is 4.21 Å². The second kappa shape index (κ2) is 5.89. The van der Waals surface area contributed by atoms with Crippen LogP contribution in [0, 0.1) is 0 Å². The van der Waals surface area contributed by atoms with Crippen LogP contribution in [0.25, 0.3) is 0 Å². The summed E-state index contributed by atoms with van der Waals surface area (Å²) in [6.07, 6.45) is 0.806. The van der Waals surface area contributed by atoms with Gasteiger partial charge in [-0.25, -0.2) is 30.0 Å². The Kier molecular flexibility index (Phi) is 5.26. The molecule has 0 aliphatic carbocycles. The quantitative estimate of drug-likeness (QED) is 0.724. The molecule has 0 bridgehead atoms. The topological polar surface area (TPSA) is 114 Å². The Labute approximate surface area is 126 Å². The molecule has 1 atom stereocenters. The summed E-state index contributed by atoms with van der Waals surface area (Å²) in [5.41, 5.74) is 0. The number of halogens is 1. The van der Waals surface area contributed by atoms with Crippen LogP contribution in [0.2, 0.25) is 0 Å². The summed E-state index contributed by atoms with van der Waals surface area (Å²) in [6.45, 7) is 1.47. The van der Waals surface area contributed by atoms with Crippen molar-refractivity contribution in [1.82, 2.24) is 4.72 Å². The van der Waals surface area contributed by atoms with E-state index in [0.29, 0.717) is 4.88 Å². The highest BCUT2D eigenvalue weighted by Crippen LogP contribution is 2.29. The zero-order chi connectivity index (χ0) is 15.8.